The summed E-state index contributed by atoms with van der Waals surface area (Å²) in [6.07, 6.45) is -0.849. The molecule has 25 heavy (non-hydrogen) atoms. The predicted octanol–water partition coefficient (Wildman–Crippen LogP) is 3.04. The van der Waals surface area contributed by atoms with Crippen molar-refractivity contribution in [3.63, 3.8) is 0 Å². The molecule has 0 aliphatic carbocycles. The van der Waals surface area contributed by atoms with Gasteiger partial charge in [0, 0.05) is 17.0 Å². The van der Waals surface area contributed by atoms with Crippen molar-refractivity contribution >= 4 is 23.6 Å². The molecule has 0 aromatic heterocycles. The lowest BCUT2D eigenvalue weighted by atomic mass is 10.2. The Balaban J connectivity index is 1.76. The molecular formula is C19H21NO4S. The third kappa shape index (κ3) is 6.15. The minimum absolute atomic E-state index is 0.161. The van der Waals surface area contributed by atoms with Crippen LogP contribution in [0.25, 0.3) is 0 Å². The Kier molecular flexibility index (Phi) is 7.35. The van der Waals surface area contributed by atoms with Gasteiger partial charge in [-0.1, -0.05) is 36.4 Å². The van der Waals surface area contributed by atoms with E-state index in [0.29, 0.717) is 12.3 Å². The molecule has 0 unspecified atom stereocenters. The number of carbonyl (C=O) groups is 2. The number of thioether (sulfide) groups is 1. The maximum Gasteiger partial charge on any atom is 0.317 e. The van der Waals surface area contributed by atoms with Crippen molar-refractivity contribution < 1.29 is 19.1 Å². The maximum absolute atomic E-state index is 12.1. The summed E-state index contributed by atoms with van der Waals surface area (Å²) in [5.41, 5.74) is 0.858. The van der Waals surface area contributed by atoms with Crippen LogP contribution in [0.1, 0.15) is 12.5 Å². The topological polar surface area (TPSA) is 64.6 Å². The van der Waals surface area contributed by atoms with E-state index in [0.717, 1.165) is 10.5 Å². The van der Waals surface area contributed by atoms with E-state index >= 15 is 0 Å². The molecule has 0 spiro atoms. The number of hydrogen-bond acceptors (Lipinski definition) is 5. The highest BCUT2D eigenvalue weighted by Gasteiger charge is 2.18. The molecule has 0 saturated carbocycles. The smallest absolute Gasteiger partial charge is 0.317 e. The molecule has 1 atom stereocenters. The molecule has 1 N–H and O–H groups in total. The summed E-state index contributed by atoms with van der Waals surface area (Å²) in [6, 6.07) is 17.0. The van der Waals surface area contributed by atoms with Gasteiger partial charge >= 0.3 is 5.97 Å². The van der Waals surface area contributed by atoms with Crippen LogP contribution in [0.5, 0.6) is 5.75 Å². The van der Waals surface area contributed by atoms with Crippen molar-refractivity contribution in [1.82, 2.24) is 5.32 Å². The van der Waals surface area contributed by atoms with Crippen LogP contribution in [0.15, 0.2) is 59.5 Å². The summed E-state index contributed by atoms with van der Waals surface area (Å²) in [6.45, 7) is 1.87. The Morgan fingerprint density at radius 3 is 2.48 bits per heavy atom. The quantitative estimate of drug-likeness (QED) is 0.580. The number of rotatable bonds is 8. The standard InChI is InChI=1S/C19H21NO4S/c1-14(24-18(21)13-25-16-9-4-3-5-10-16)19(22)20-12-15-8-6-7-11-17(15)23-2/h3-11,14H,12-13H2,1-2H3,(H,20,22)/t14-/m1/s1. The summed E-state index contributed by atoms with van der Waals surface area (Å²) < 4.78 is 10.4. The number of para-hydroxylation sites is 1. The Morgan fingerprint density at radius 2 is 1.76 bits per heavy atom. The number of methoxy groups -OCH3 is 1. The number of esters is 1. The normalized spacial score (nSPS) is 11.4. The van der Waals surface area contributed by atoms with Gasteiger partial charge in [0.15, 0.2) is 6.10 Å². The van der Waals surface area contributed by atoms with Crippen LogP contribution in [-0.4, -0.2) is 30.8 Å². The third-order valence-electron chi connectivity index (χ3n) is 3.42. The first-order chi connectivity index (χ1) is 12.1. The number of nitrogens with one attached hydrogen (secondary N) is 1. The first-order valence-electron chi connectivity index (χ1n) is 7.87. The minimum Gasteiger partial charge on any atom is -0.496 e. The Hall–Kier alpha value is -2.47. The van der Waals surface area contributed by atoms with Crippen LogP contribution < -0.4 is 10.1 Å². The van der Waals surface area contributed by atoms with Crippen LogP contribution in [0.2, 0.25) is 0 Å². The average molecular weight is 359 g/mol. The van der Waals surface area contributed by atoms with Crippen molar-refractivity contribution in [2.24, 2.45) is 0 Å². The molecule has 0 aliphatic heterocycles. The number of amides is 1. The van der Waals surface area contributed by atoms with E-state index in [-0.39, 0.29) is 11.7 Å². The molecule has 132 valence electrons. The average Bonchev–Trinajstić information content (AvgIpc) is 2.65. The fourth-order valence-electron chi connectivity index (χ4n) is 2.12. The fourth-order valence-corrected chi connectivity index (χ4v) is 2.82. The molecule has 2 aromatic rings. The highest BCUT2D eigenvalue weighted by atomic mass is 32.2. The van der Waals surface area contributed by atoms with E-state index < -0.39 is 12.1 Å². The summed E-state index contributed by atoms with van der Waals surface area (Å²) in [5, 5.41) is 2.75. The van der Waals surface area contributed by atoms with Crippen LogP contribution >= 0.6 is 11.8 Å². The van der Waals surface area contributed by atoms with Gasteiger partial charge in [-0.2, -0.15) is 0 Å². The molecule has 0 aliphatic rings. The van der Waals surface area contributed by atoms with Gasteiger partial charge in [-0.3, -0.25) is 9.59 Å². The second-order valence-electron chi connectivity index (χ2n) is 5.26. The lowest BCUT2D eigenvalue weighted by Gasteiger charge is -2.14. The molecule has 0 radical (unpaired) electrons. The second-order valence-corrected chi connectivity index (χ2v) is 6.31. The van der Waals surface area contributed by atoms with Crippen molar-refractivity contribution in [3.8, 4) is 5.75 Å². The molecule has 2 aromatic carbocycles. The summed E-state index contributed by atoms with van der Waals surface area (Å²) in [4.78, 5) is 24.9. The maximum atomic E-state index is 12.1. The zero-order valence-electron chi connectivity index (χ0n) is 14.2. The van der Waals surface area contributed by atoms with Crippen LogP contribution in [0, 0.1) is 0 Å². The molecule has 0 fully saturated rings. The summed E-state index contributed by atoms with van der Waals surface area (Å²) in [5.74, 6) is 0.0955. The largest absolute Gasteiger partial charge is 0.496 e. The zero-order valence-corrected chi connectivity index (χ0v) is 15.0. The van der Waals surface area contributed by atoms with Crippen molar-refractivity contribution in [1.29, 1.82) is 0 Å². The van der Waals surface area contributed by atoms with Crippen LogP contribution in [0.3, 0.4) is 0 Å². The Morgan fingerprint density at radius 1 is 1.08 bits per heavy atom. The highest BCUT2D eigenvalue weighted by molar-refractivity contribution is 8.00. The molecule has 0 saturated heterocycles. The van der Waals surface area contributed by atoms with E-state index in [1.165, 1.54) is 11.8 Å². The first kappa shape index (κ1) is 18.9. The first-order valence-corrected chi connectivity index (χ1v) is 8.85. The Bertz CT molecular complexity index is 706. The predicted molar refractivity (Wildman–Crippen MR) is 97.6 cm³/mol. The summed E-state index contributed by atoms with van der Waals surface area (Å²) in [7, 11) is 1.58. The lowest BCUT2D eigenvalue weighted by Crippen LogP contribution is -2.35. The molecule has 0 heterocycles. The van der Waals surface area contributed by atoms with E-state index in [1.54, 1.807) is 14.0 Å². The minimum atomic E-state index is -0.849. The van der Waals surface area contributed by atoms with E-state index in [4.69, 9.17) is 9.47 Å². The van der Waals surface area contributed by atoms with E-state index in [2.05, 4.69) is 5.32 Å². The summed E-state index contributed by atoms with van der Waals surface area (Å²) >= 11 is 1.37. The van der Waals surface area contributed by atoms with E-state index in [9.17, 15) is 9.59 Å². The fraction of sp³-hybridized carbons (Fsp3) is 0.263. The number of benzene rings is 2. The number of hydrogen-bond donors (Lipinski definition) is 1. The van der Waals surface area contributed by atoms with Gasteiger partial charge in [0.05, 0.1) is 12.9 Å². The SMILES string of the molecule is COc1ccccc1CNC(=O)[C@@H](C)OC(=O)CSc1ccccc1. The van der Waals surface area contributed by atoms with Crippen LogP contribution in [0.4, 0.5) is 0 Å². The Labute approximate surface area is 151 Å². The van der Waals surface area contributed by atoms with Gasteiger partial charge in [0.2, 0.25) is 0 Å². The lowest BCUT2D eigenvalue weighted by molar-refractivity contribution is -0.152. The van der Waals surface area contributed by atoms with Gasteiger partial charge in [0.25, 0.3) is 5.91 Å². The molecule has 1 amide bonds. The molecule has 6 heteroatoms. The molecular weight excluding hydrogens is 338 g/mol. The molecule has 2 rings (SSSR count). The van der Waals surface area contributed by atoms with Crippen molar-refractivity contribution in [2.75, 3.05) is 12.9 Å². The number of carbonyl (C=O) groups excluding carboxylic acids is 2. The number of ether oxygens (including phenoxy) is 2. The molecule has 5 nitrogen and oxygen atoms in total. The van der Waals surface area contributed by atoms with Gasteiger partial charge in [-0.05, 0) is 25.1 Å². The van der Waals surface area contributed by atoms with Gasteiger partial charge < -0.3 is 14.8 Å². The highest BCUT2D eigenvalue weighted by Crippen LogP contribution is 2.18. The van der Waals surface area contributed by atoms with Gasteiger partial charge in [0.1, 0.15) is 5.75 Å². The van der Waals surface area contributed by atoms with Crippen molar-refractivity contribution in [2.45, 2.75) is 24.5 Å². The molecule has 0 bridgehead atoms. The zero-order chi connectivity index (χ0) is 18.1. The second kappa shape index (κ2) is 9.74. The van der Waals surface area contributed by atoms with Crippen LogP contribution in [-0.2, 0) is 20.9 Å². The van der Waals surface area contributed by atoms with Crippen molar-refractivity contribution in [3.05, 3.63) is 60.2 Å². The van der Waals surface area contributed by atoms with Gasteiger partial charge in [-0.15, -0.1) is 11.8 Å². The van der Waals surface area contributed by atoms with Gasteiger partial charge in [-0.25, -0.2) is 0 Å². The van der Waals surface area contributed by atoms with E-state index in [1.807, 2.05) is 54.6 Å². The third-order valence-corrected chi connectivity index (χ3v) is 4.41. The monoisotopic (exact) mass is 359 g/mol.